The monoisotopic (exact) mass is 468 g/mol. The third kappa shape index (κ3) is 5.19. The molecule has 0 aliphatic heterocycles. The van der Waals surface area contributed by atoms with Crippen LogP contribution in [0, 0.1) is 5.82 Å². The molecule has 0 unspecified atom stereocenters. The molecule has 31 heavy (non-hydrogen) atoms. The summed E-state index contributed by atoms with van der Waals surface area (Å²) in [6, 6.07) is 6.87. The van der Waals surface area contributed by atoms with Crippen LogP contribution >= 0.6 is 11.6 Å². The number of amides is 1. The normalized spacial score (nSPS) is 11.4. The highest BCUT2D eigenvalue weighted by Crippen LogP contribution is 2.33. The number of anilines is 2. The van der Waals surface area contributed by atoms with E-state index in [4.69, 9.17) is 21.5 Å². The molecule has 9 nitrogen and oxygen atoms in total. The Bertz CT molecular complexity index is 1240. The molecule has 0 bridgehead atoms. The number of hydrogen-bond acceptors (Lipinski definition) is 8. The van der Waals surface area contributed by atoms with Gasteiger partial charge in [-0.05, 0) is 30.7 Å². The second kappa shape index (κ2) is 9.41. The van der Waals surface area contributed by atoms with Gasteiger partial charge in [0, 0.05) is 23.6 Å². The molecule has 0 saturated heterocycles. The van der Waals surface area contributed by atoms with Gasteiger partial charge in [0.2, 0.25) is 5.91 Å². The molecule has 1 amide bonds. The van der Waals surface area contributed by atoms with Crippen LogP contribution in [0.5, 0.6) is 5.75 Å². The molecule has 0 fully saturated rings. The van der Waals surface area contributed by atoms with E-state index in [1.165, 1.54) is 49.2 Å². The van der Waals surface area contributed by atoms with E-state index in [2.05, 4.69) is 15.3 Å². The Hall–Kier alpha value is -3.02. The van der Waals surface area contributed by atoms with Crippen molar-refractivity contribution in [2.24, 2.45) is 0 Å². The molecule has 3 aromatic rings. The molecule has 0 saturated carbocycles. The Morgan fingerprint density at radius 1 is 1.26 bits per heavy atom. The predicted octanol–water partition coefficient (Wildman–Crippen LogP) is 3.23. The van der Waals surface area contributed by atoms with Crippen molar-refractivity contribution < 1.29 is 27.5 Å². The Labute approximate surface area is 182 Å². The second-order valence-electron chi connectivity index (χ2n) is 6.45. The molecular weight excluding hydrogens is 451 g/mol. The van der Waals surface area contributed by atoms with Gasteiger partial charge in [-0.15, -0.1) is 0 Å². The number of halogens is 2. The number of fused-ring (bicyclic) bond motifs is 1. The van der Waals surface area contributed by atoms with E-state index in [-0.39, 0.29) is 40.1 Å². The van der Waals surface area contributed by atoms with E-state index >= 15 is 0 Å². The number of carbonyl (C=O) groups excluding carboxylic acids is 1. The van der Waals surface area contributed by atoms with Crippen LogP contribution in [0.2, 0.25) is 5.02 Å². The van der Waals surface area contributed by atoms with Crippen LogP contribution in [0.25, 0.3) is 10.9 Å². The van der Waals surface area contributed by atoms with E-state index in [9.17, 15) is 17.6 Å². The summed E-state index contributed by atoms with van der Waals surface area (Å²) in [6.07, 6.45) is 1.13. The van der Waals surface area contributed by atoms with Gasteiger partial charge >= 0.3 is 0 Å². The molecule has 3 rings (SSSR count). The lowest BCUT2D eigenvalue weighted by atomic mass is 10.2. The molecular formula is C19H18ClFN4O5S. The number of ether oxygens (including phenoxy) is 1. The average molecular weight is 469 g/mol. The van der Waals surface area contributed by atoms with Crippen LogP contribution in [-0.2, 0) is 14.6 Å². The van der Waals surface area contributed by atoms with Gasteiger partial charge in [-0.2, -0.15) is 0 Å². The van der Waals surface area contributed by atoms with Crippen molar-refractivity contribution in [1.82, 2.24) is 15.4 Å². The van der Waals surface area contributed by atoms with Gasteiger partial charge in [-0.3, -0.25) is 10.0 Å². The topological polar surface area (TPSA) is 131 Å². The maximum absolute atomic E-state index is 13.4. The number of aromatic nitrogens is 2. The van der Waals surface area contributed by atoms with E-state index in [1.54, 1.807) is 0 Å². The van der Waals surface area contributed by atoms with Gasteiger partial charge in [-0.1, -0.05) is 11.6 Å². The molecule has 0 atom stereocenters. The molecule has 1 aromatic heterocycles. The van der Waals surface area contributed by atoms with Crippen LogP contribution in [0.1, 0.15) is 12.8 Å². The first kappa shape index (κ1) is 22.7. The van der Waals surface area contributed by atoms with Gasteiger partial charge in [0.05, 0.1) is 23.4 Å². The van der Waals surface area contributed by atoms with Gasteiger partial charge < -0.3 is 10.1 Å². The molecule has 2 aromatic carbocycles. The smallest absolute Gasteiger partial charge is 0.243 e. The first-order valence-corrected chi connectivity index (χ1v) is 11.0. The van der Waals surface area contributed by atoms with Gasteiger partial charge in [-0.25, -0.2) is 28.3 Å². The summed E-state index contributed by atoms with van der Waals surface area (Å²) in [6.45, 7) is 0. The lowest BCUT2D eigenvalue weighted by Crippen LogP contribution is -2.19. The first-order chi connectivity index (χ1) is 14.7. The first-order valence-electron chi connectivity index (χ1n) is 8.95. The van der Waals surface area contributed by atoms with Crippen molar-refractivity contribution in [2.45, 2.75) is 17.7 Å². The van der Waals surface area contributed by atoms with Crippen LogP contribution < -0.4 is 15.5 Å². The SMILES string of the molecule is COc1cc2ncnc(Nc3ccc(F)c(Cl)c3)c2cc1S(=O)(=O)CCCC(=O)NO. The fraction of sp³-hybridized carbons (Fsp3) is 0.211. The summed E-state index contributed by atoms with van der Waals surface area (Å²) in [5, 5.41) is 11.8. The number of benzene rings is 2. The summed E-state index contributed by atoms with van der Waals surface area (Å²) in [5.41, 5.74) is 2.32. The number of methoxy groups -OCH3 is 1. The molecule has 164 valence electrons. The van der Waals surface area contributed by atoms with E-state index in [0.717, 1.165) is 0 Å². The third-order valence-electron chi connectivity index (χ3n) is 4.38. The summed E-state index contributed by atoms with van der Waals surface area (Å²) < 4.78 is 44.4. The zero-order valence-corrected chi connectivity index (χ0v) is 17.8. The third-order valence-corrected chi connectivity index (χ3v) is 6.48. The maximum atomic E-state index is 13.4. The fourth-order valence-corrected chi connectivity index (χ4v) is 4.54. The number of hydroxylamine groups is 1. The summed E-state index contributed by atoms with van der Waals surface area (Å²) in [4.78, 5) is 19.4. The average Bonchev–Trinajstić information content (AvgIpc) is 2.75. The minimum atomic E-state index is -3.84. The number of nitrogens with zero attached hydrogens (tertiary/aromatic N) is 2. The van der Waals surface area contributed by atoms with E-state index in [1.807, 2.05) is 0 Å². The van der Waals surface area contributed by atoms with Crippen molar-refractivity contribution in [3.63, 3.8) is 0 Å². The molecule has 12 heteroatoms. The summed E-state index contributed by atoms with van der Waals surface area (Å²) in [5.74, 6) is -1.22. The van der Waals surface area contributed by atoms with Gasteiger partial charge in [0.25, 0.3) is 0 Å². The van der Waals surface area contributed by atoms with E-state index in [0.29, 0.717) is 16.6 Å². The van der Waals surface area contributed by atoms with Gasteiger partial charge in [0.15, 0.2) is 9.84 Å². The highest BCUT2D eigenvalue weighted by atomic mass is 35.5. The molecule has 0 radical (unpaired) electrons. The predicted molar refractivity (Wildman–Crippen MR) is 112 cm³/mol. The Morgan fingerprint density at radius 3 is 2.71 bits per heavy atom. The van der Waals surface area contributed by atoms with Crippen LogP contribution in [0.15, 0.2) is 41.6 Å². The quantitative estimate of drug-likeness (QED) is 0.339. The Morgan fingerprint density at radius 2 is 2.03 bits per heavy atom. The fourth-order valence-electron chi connectivity index (χ4n) is 2.87. The maximum Gasteiger partial charge on any atom is 0.243 e. The summed E-state index contributed by atoms with van der Waals surface area (Å²) in [7, 11) is -2.51. The number of nitrogens with one attached hydrogen (secondary N) is 2. The molecule has 0 aliphatic rings. The van der Waals surface area contributed by atoms with Crippen LogP contribution in [-0.4, -0.2) is 42.4 Å². The minimum absolute atomic E-state index is 0.000390. The Kier molecular flexibility index (Phi) is 6.88. The lowest BCUT2D eigenvalue weighted by molar-refractivity contribution is -0.129. The Balaban J connectivity index is 2.01. The van der Waals surface area contributed by atoms with Crippen molar-refractivity contribution in [3.8, 4) is 5.75 Å². The zero-order chi connectivity index (χ0) is 22.6. The van der Waals surface area contributed by atoms with E-state index < -0.39 is 21.6 Å². The largest absolute Gasteiger partial charge is 0.495 e. The molecule has 3 N–H and O–H groups in total. The number of carbonyl (C=O) groups is 1. The number of rotatable bonds is 8. The molecule has 0 spiro atoms. The number of sulfone groups is 1. The highest BCUT2D eigenvalue weighted by Gasteiger charge is 2.22. The zero-order valence-electron chi connectivity index (χ0n) is 16.2. The lowest BCUT2D eigenvalue weighted by Gasteiger charge is -2.13. The highest BCUT2D eigenvalue weighted by molar-refractivity contribution is 7.91. The minimum Gasteiger partial charge on any atom is -0.495 e. The van der Waals surface area contributed by atoms with Crippen molar-refractivity contribution in [2.75, 3.05) is 18.2 Å². The van der Waals surface area contributed by atoms with Gasteiger partial charge in [0.1, 0.15) is 28.6 Å². The van der Waals surface area contributed by atoms with Crippen molar-refractivity contribution >= 4 is 49.8 Å². The second-order valence-corrected chi connectivity index (χ2v) is 8.94. The van der Waals surface area contributed by atoms with Crippen LogP contribution in [0.4, 0.5) is 15.9 Å². The van der Waals surface area contributed by atoms with Crippen molar-refractivity contribution in [3.05, 3.63) is 47.5 Å². The standard InChI is InChI=1S/C19H18ClFN4O5S/c1-30-16-9-15-12(8-17(16)31(28,29)6-2-3-18(26)25-27)19(23-10-22-15)24-11-4-5-14(21)13(20)7-11/h4-5,7-10,27H,2-3,6H2,1H3,(H,25,26)(H,22,23,24). The summed E-state index contributed by atoms with van der Waals surface area (Å²) >= 11 is 5.82. The molecule has 1 heterocycles. The van der Waals surface area contributed by atoms with Crippen molar-refractivity contribution in [1.29, 1.82) is 0 Å². The number of hydrogen-bond donors (Lipinski definition) is 3. The molecule has 0 aliphatic carbocycles. The van der Waals surface area contributed by atoms with Crippen LogP contribution in [0.3, 0.4) is 0 Å².